The SMILES string of the molecule is CCCCCOc1ccc(-c2ccccc2)cc1-n1cc(C#N)c(N)c1C(=O)OC. The van der Waals surface area contributed by atoms with Gasteiger partial charge in [-0.1, -0.05) is 56.2 Å². The first-order chi connectivity index (χ1) is 14.6. The molecule has 6 heteroatoms. The molecule has 6 nitrogen and oxygen atoms in total. The molecule has 0 amide bonds. The first kappa shape index (κ1) is 21.0. The van der Waals surface area contributed by atoms with Crippen LogP contribution in [-0.2, 0) is 4.74 Å². The molecule has 0 aliphatic heterocycles. The number of hydrogen-bond acceptors (Lipinski definition) is 5. The average Bonchev–Trinajstić information content (AvgIpc) is 3.13. The number of nitrogens with zero attached hydrogens (tertiary/aromatic N) is 2. The first-order valence-corrected chi connectivity index (χ1v) is 9.92. The maximum Gasteiger partial charge on any atom is 0.357 e. The third-order valence-electron chi connectivity index (χ3n) is 4.87. The van der Waals surface area contributed by atoms with Crippen molar-refractivity contribution in [2.24, 2.45) is 0 Å². The minimum Gasteiger partial charge on any atom is -0.491 e. The number of unbranched alkanes of at least 4 members (excludes halogenated alkanes) is 2. The molecule has 0 saturated heterocycles. The van der Waals surface area contributed by atoms with Crippen molar-refractivity contribution in [2.75, 3.05) is 19.5 Å². The Hall–Kier alpha value is -3.72. The molecule has 2 aromatic carbocycles. The molecule has 0 unspecified atom stereocenters. The third-order valence-corrected chi connectivity index (χ3v) is 4.87. The molecule has 0 fully saturated rings. The molecular weight excluding hydrogens is 378 g/mol. The van der Waals surface area contributed by atoms with E-state index in [0.717, 1.165) is 30.4 Å². The lowest BCUT2D eigenvalue weighted by Gasteiger charge is -2.16. The Morgan fingerprint density at radius 2 is 1.90 bits per heavy atom. The number of hydrogen-bond donors (Lipinski definition) is 1. The Labute approximate surface area is 176 Å². The molecule has 0 bridgehead atoms. The first-order valence-electron chi connectivity index (χ1n) is 9.92. The standard InChI is InChI=1S/C24H25N3O3/c1-3-4-8-13-30-21-12-11-18(17-9-6-5-7-10-17)14-20(21)27-16-19(15-25)22(26)23(27)24(28)29-2/h5-7,9-12,14,16H,3-4,8,13,26H2,1-2H3. The Kier molecular flexibility index (Phi) is 6.76. The molecule has 0 saturated carbocycles. The lowest BCUT2D eigenvalue weighted by Crippen LogP contribution is -2.12. The van der Waals surface area contributed by atoms with E-state index in [-0.39, 0.29) is 16.9 Å². The van der Waals surface area contributed by atoms with Crippen molar-refractivity contribution in [3.05, 3.63) is 66.0 Å². The molecule has 2 N–H and O–H groups in total. The van der Waals surface area contributed by atoms with Crippen molar-refractivity contribution < 1.29 is 14.3 Å². The normalized spacial score (nSPS) is 10.4. The fraction of sp³-hybridized carbons (Fsp3) is 0.250. The highest BCUT2D eigenvalue weighted by Gasteiger charge is 2.23. The summed E-state index contributed by atoms with van der Waals surface area (Å²) in [4.78, 5) is 12.4. The van der Waals surface area contributed by atoms with Crippen LogP contribution in [0.2, 0.25) is 0 Å². The van der Waals surface area contributed by atoms with Crippen molar-refractivity contribution in [1.82, 2.24) is 4.57 Å². The van der Waals surface area contributed by atoms with Gasteiger partial charge in [-0.15, -0.1) is 0 Å². The number of anilines is 1. The number of ether oxygens (including phenoxy) is 2. The Morgan fingerprint density at radius 3 is 2.57 bits per heavy atom. The summed E-state index contributed by atoms with van der Waals surface area (Å²) in [6, 6.07) is 17.7. The summed E-state index contributed by atoms with van der Waals surface area (Å²) in [6.45, 7) is 2.69. The Bertz CT molecular complexity index is 1070. The van der Waals surface area contributed by atoms with Gasteiger partial charge in [0, 0.05) is 6.20 Å². The number of esters is 1. The molecule has 0 radical (unpaired) electrons. The van der Waals surface area contributed by atoms with Gasteiger partial charge in [0.2, 0.25) is 0 Å². The highest BCUT2D eigenvalue weighted by Crippen LogP contribution is 2.33. The van der Waals surface area contributed by atoms with Gasteiger partial charge < -0.3 is 19.8 Å². The monoisotopic (exact) mass is 403 g/mol. The number of aromatic nitrogens is 1. The van der Waals surface area contributed by atoms with Crippen LogP contribution >= 0.6 is 0 Å². The van der Waals surface area contributed by atoms with E-state index in [1.54, 1.807) is 10.8 Å². The number of carbonyl (C=O) groups excluding carboxylic acids is 1. The lowest BCUT2D eigenvalue weighted by atomic mass is 10.0. The molecule has 30 heavy (non-hydrogen) atoms. The molecule has 1 aromatic heterocycles. The summed E-state index contributed by atoms with van der Waals surface area (Å²) in [5, 5.41) is 9.43. The van der Waals surface area contributed by atoms with E-state index >= 15 is 0 Å². The van der Waals surface area contributed by atoms with Crippen LogP contribution in [0.15, 0.2) is 54.7 Å². The molecule has 1 heterocycles. The maximum absolute atomic E-state index is 12.4. The van der Waals surface area contributed by atoms with Crippen LogP contribution in [0.3, 0.4) is 0 Å². The molecule has 0 aliphatic carbocycles. The van der Waals surface area contributed by atoms with Crippen LogP contribution in [0.1, 0.15) is 42.2 Å². The van der Waals surface area contributed by atoms with E-state index in [9.17, 15) is 10.1 Å². The van der Waals surface area contributed by atoms with Gasteiger partial charge in [-0.25, -0.2) is 4.79 Å². The maximum atomic E-state index is 12.4. The number of nitriles is 1. The molecule has 0 spiro atoms. The Morgan fingerprint density at radius 1 is 1.13 bits per heavy atom. The van der Waals surface area contributed by atoms with Crippen LogP contribution < -0.4 is 10.5 Å². The van der Waals surface area contributed by atoms with Crippen molar-refractivity contribution in [3.8, 4) is 28.6 Å². The predicted octanol–water partition coefficient (Wildman–Crippen LogP) is 4.95. The van der Waals surface area contributed by atoms with E-state index in [1.807, 2.05) is 54.6 Å². The van der Waals surface area contributed by atoms with Crippen LogP contribution in [-0.4, -0.2) is 24.3 Å². The fourth-order valence-electron chi connectivity index (χ4n) is 3.28. The third kappa shape index (κ3) is 4.31. The Balaban J connectivity index is 2.15. The second kappa shape index (κ2) is 9.66. The zero-order valence-corrected chi connectivity index (χ0v) is 17.2. The number of benzene rings is 2. The van der Waals surface area contributed by atoms with Gasteiger partial charge in [-0.05, 0) is 29.7 Å². The van der Waals surface area contributed by atoms with E-state index in [4.69, 9.17) is 15.2 Å². The van der Waals surface area contributed by atoms with Crippen molar-refractivity contribution in [2.45, 2.75) is 26.2 Å². The van der Waals surface area contributed by atoms with Gasteiger partial charge in [0.15, 0.2) is 5.69 Å². The fourth-order valence-corrected chi connectivity index (χ4v) is 3.28. The van der Waals surface area contributed by atoms with E-state index < -0.39 is 5.97 Å². The minimum absolute atomic E-state index is 0.0893. The summed E-state index contributed by atoms with van der Waals surface area (Å²) in [5.74, 6) is -0.00789. The van der Waals surface area contributed by atoms with E-state index in [2.05, 4.69) is 6.92 Å². The molecular formula is C24H25N3O3. The van der Waals surface area contributed by atoms with Crippen molar-refractivity contribution in [1.29, 1.82) is 5.26 Å². The summed E-state index contributed by atoms with van der Waals surface area (Å²) in [5.41, 5.74) is 9.09. The largest absolute Gasteiger partial charge is 0.491 e. The lowest BCUT2D eigenvalue weighted by molar-refractivity contribution is 0.0593. The van der Waals surface area contributed by atoms with Crippen LogP contribution in [0.25, 0.3) is 16.8 Å². The number of nitrogen functional groups attached to an aromatic ring is 1. The van der Waals surface area contributed by atoms with E-state index in [0.29, 0.717) is 18.0 Å². The zero-order chi connectivity index (χ0) is 21.5. The number of methoxy groups -OCH3 is 1. The van der Waals surface area contributed by atoms with Crippen molar-refractivity contribution in [3.63, 3.8) is 0 Å². The number of nitrogens with two attached hydrogens (primary N) is 1. The quantitative estimate of drug-likeness (QED) is 0.424. The molecule has 154 valence electrons. The molecule has 0 aliphatic rings. The topological polar surface area (TPSA) is 90.3 Å². The number of carbonyl (C=O) groups is 1. The summed E-state index contributed by atoms with van der Waals surface area (Å²) >= 11 is 0. The van der Waals surface area contributed by atoms with Gasteiger partial charge in [-0.2, -0.15) is 5.26 Å². The van der Waals surface area contributed by atoms with Gasteiger partial charge in [0.25, 0.3) is 0 Å². The van der Waals surface area contributed by atoms with Gasteiger partial charge in [0.1, 0.15) is 11.8 Å². The zero-order valence-electron chi connectivity index (χ0n) is 17.2. The summed E-state index contributed by atoms with van der Waals surface area (Å²) in [7, 11) is 1.29. The van der Waals surface area contributed by atoms with Crippen molar-refractivity contribution >= 4 is 11.7 Å². The molecule has 3 aromatic rings. The minimum atomic E-state index is -0.615. The van der Waals surface area contributed by atoms with Crippen LogP contribution in [0, 0.1) is 11.3 Å². The van der Waals surface area contributed by atoms with Crippen LogP contribution in [0.5, 0.6) is 5.75 Å². The number of rotatable bonds is 8. The second-order valence-electron chi connectivity index (χ2n) is 6.88. The highest BCUT2D eigenvalue weighted by atomic mass is 16.5. The summed E-state index contributed by atoms with van der Waals surface area (Å²) in [6.07, 6.45) is 4.64. The van der Waals surface area contributed by atoms with Gasteiger partial charge >= 0.3 is 5.97 Å². The van der Waals surface area contributed by atoms with Crippen LogP contribution in [0.4, 0.5) is 5.69 Å². The van der Waals surface area contributed by atoms with Gasteiger partial charge in [-0.3, -0.25) is 0 Å². The molecule has 0 atom stereocenters. The van der Waals surface area contributed by atoms with Gasteiger partial charge in [0.05, 0.1) is 30.7 Å². The smallest absolute Gasteiger partial charge is 0.357 e. The van der Waals surface area contributed by atoms with E-state index in [1.165, 1.54) is 7.11 Å². The summed E-state index contributed by atoms with van der Waals surface area (Å²) < 4.78 is 12.5. The highest BCUT2D eigenvalue weighted by molar-refractivity contribution is 5.96. The molecule has 3 rings (SSSR count). The average molecular weight is 403 g/mol. The predicted molar refractivity (Wildman–Crippen MR) is 117 cm³/mol. The second-order valence-corrected chi connectivity index (χ2v) is 6.88.